The molecule has 26 heavy (non-hydrogen) atoms. The van der Waals surface area contributed by atoms with E-state index >= 15 is 0 Å². The zero-order chi connectivity index (χ0) is 19.5. The molecule has 2 amide bonds. The van der Waals surface area contributed by atoms with Crippen LogP contribution in [-0.2, 0) is 11.0 Å². The first-order valence-electron chi connectivity index (χ1n) is 8.19. The summed E-state index contributed by atoms with van der Waals surface area (Å²) in [4.78, 5) is 29.4. The van der Waals surface area contributed by atoms with E-state index in [1.807, 2.05) is 0 Å². The Morgan fingerprint density at radius 3 is 2.54 bits per heavy atom. The first kappa shape index (κ1) is 19.7. The lowest BCUT2D eigenvalue weighted by Gasteiger charge is -2.19. The Labute approximate surface area is 149 Å². The molecule has 142 valence electrons. The maximum absolute atomic E-state index is 12.9. The maximum Gasteiger partial charge on any atom is 0.416 e. The minimum Gasteiger partial charge on any atom is -0.370 e. The van der Waals surface area contributed by atoms with Gasteiger partial charge in [-0.05, 0) is 49.4 Å². The lowest BCUT2D eigenvalue weighted by Crippen LogP contribution is -2.44. The molecule has 0 bridgehead atoms. The number of halogens is 3. The third kappa shape index (κ3) is 4.96. The summed E-state index contributed by atoms with van der Waals surface area (Å²) in [6.45, 7) is 1.86. The zero-order valence-electron chi connectivity index (χ0n) is 14.6. The van der Waals surface area contributed by atoms with Gasteiger partial charge in [0.05, 0.1) is 12.1 Å². The van der Waals surface area contributed by atoms with Crippen molar-refractivity contribution >= 4 is 17.8 Å². The number of carbonyl (C=O) groups is 2. The summed E-state index contributed by atoms with van der Waals surface area (Å²) >= 11 is 0. The molecule has 6 nitrogen and oxygen atoms in total. The lowest BCUT2D eigenvalue weighted by atomic mass is 9.99. The van der Waals surface area contributed by atoms with Gasteiger partial charge >= 0.3 is 6.18 Å². The summed E-state index contributed by atoms with van der Waals surface area (Å²) in [5.74, 6) is -1.14. The molecule has 0 aromatic heterocycles. The fourth-order valence-electron chi connectivity index (χ4n) is 2.55. The van der Waals surface area contributed by atoms with Crippen LogP contribution in [-0.4, -0.2) is 42.8 Å². The summed E-state index contributed by atoms with van der Waals surface area (Å²) < 4.78 is 38.8. The predicted molar refractivity (Wildman–Crippen MR) is 90.7 cm³/mol. The second-order valence-electron chi connectivity index (χ2n) is 6.14. The molecule has 1 aliphatic carbocycles. The Morgan fingerprint density at radius 2 is 2.00 bits per heavy atom. The van der Waals surface area contributed by atoms with Gasteiger partial charge in [0.1, 0.15) is 0 Å². The number of alkyl halides is 3. The highest BCUT2D eigenvalue weighted by Gasteiger charge is 2.35. The van der Waals surface area contributed by atoms with Crippen molar-refractivity contribution in [2.24, 2.45) is 10.7 Å². The van der Waals surface area contributed by atoms with E-state index in [-0.39, 0.29) is 24.0 Å². The van der Waals surface area contributed by atoms with Crippen molar-refractivity contribution in [3.63, 3.8) is 0 Å². The van der Waals surface area contributed by atoms with Crippen molar-refractivity contribution in [1.82, 2.24) is 10.2 Å². The van der Waals surface area contributed by atoms with Gasteiger partial charge in [-0.2, -0.15) is 13.2 Å². The average Bonchev–Trinajstić information content (AvgIpc) is 3.37. The molecule has 2 rings (SSSR count). The molecule has 0 radical (unpaired) electrons. The Kier molecular flexibility index (Phi) is 5.89. The number of hydrogen-bond acceptors (Lipinski definition) is 3. The van der Waals surface area contributed by atoms with Crippen molar-refractivity contribution in [3.8, 4) is 0 Å². The van der Waals surface area contributed by atoms with E-state index in [1.54, 1.807) is 6.92 Å². The molecule has 3 N–H and O–H groups in total. The number of nitrogens with one attached hydrogen (secondary N) is 1. The minimum atomic E-state index is -4.47. The Balaban J connectivity index is 2.15. The fraction of sp³-hybridized carbons (Fsp3) is 0.471. The van der Waals surface area contributed by atoms with E-state index in [9.17, 15) is 22.8 Å². The topological polar surface area (TPSA) is 87.8 Å². The molecule has 0 saturated heterocycles. The van der Waals surface area contributed by atoms with Crippen LogP contribution in [0, 0.1) is 0 Å². The molecule has 1 aliphatic rings. The summed E-state index contributed by atoms with van der Waals surface area (Å²) in [6.07, 6.45) is -2.97. The normalized spacial score (nSPS) is 14.9. The van der Waals surface area contributed by atoms with Crippen molar-refractivity contribution in [3.05, 3.63) is 34.9 Å². The van der Waals surface area contributed by atoms with Crippen LogP contribution in [0.3, 0.4) is 0 Å². The fourth-order valence-corrected chi connectivity index (χ4v) is 2.55. The van der Waals surface area contributed by atoms with Gasteiger partial charge in [-0.25, -0.2) is 0 Å². The number of nitrogens with two attached hydrogens (primary N) is 1. The Hall–Kier alpha value is -2.58. The van der Waals surface area contributed by atoms with Crippen LogP contribution in [0.4, 0.5) is 13.2 Å². The molecule has 1 aromatic rings. The number of amides is 2. The van der Waals surface area contributed by atoms with E-state index < -0.39 is 23.6 Å². The smallest absolute Gasteiger partial charge is 0.370 e. The SMILES string of the molecule is CCN=C(N)NC(=O)CN(C)C(=O)c1ccc(C(F)(F)F)cc1C1CC1. The van der Waals surface area contributed by atoms with Crippen LogP contribution in [0.1, 0.15) is 47.2 Å². The van der Waals surface area contributed by atoms with E-state index in [0.29, 0.717) is 12.1 Å². The molecule has 1 fully saturated rings. The zero-order valence-corrected chi connectivity index (χ0v) is 14.6. The number of rotatable bonds is 5. The average molecular weight is 370 g/mol. The number of aliphatic imine (C=N–C) groups is 1. The quantitative estimate of drug-likeness (QED) is 0.615. The lowest BCUT2D eigenvalue weighted by molar-refractivity contribution is -0.137. The standard InChI is InChI=1S/C17H21F3N4O2/c1-3-22-16(21)23-14(25)9-24(2)15(26)12-7-6-11(17(18,19)20)8-13(12)10-4-5-10/h6-8,10H,3-5,9H2,1-2H3,(H3,21,22,23,25). The van der Waals surface area contributed by atoms with Gasteiger partial charge in [-0.1, -0.05) is 0 Å². The molecule has 0 aliphatic heterocycles. The second kappa shape index (κ2) is 7.76. The molecule has 0 atom stereocenters. The third-order valence-electron chi connectivity index (χ3n) is 3.95. The highest BCUT2D eigenvalue weighted by Crippen LogP contribution is 2.43. The molecule has 0 spiro atoms. The van der Waals surface area contributed by atoms with Crippen LogP contribution < -0.4 is 11.1 Å². The highest BCUT2D eigenvalue weighted by atomic mass is 19.4. The van der Waals surface area contributed by atoms with Crippen LogP contribution in [0.2, 0.25) is 0 Å². The number of likely N-dealkylation sites (N-methyl/N-ethyl adjacent to an activating group) is 1. The van der Waals surface area contributed by atoms with Gasteiger partial charge in [0.25, 0.3) is 5.91 Å². The summed E-state index contributed by atoms with van der Waals surface area (Å²) in [5.41, 5.74) is 5.27. The number of carbonyl (C=O) groups excluding carboxylic acids is 2. The Bertz CT molecular complexity index is 727. The van der Waals surface area contributed by atoms with Gasteiger partial charge in [0.15, 0.2) is 5.96 Å². The molecule has 0 heterocycles. The van der Waals surface area contributed by atoms with Crippen LogP contribution in [0.15, 0.2) is 23.2 Å². The maximum atomic E-state index is 12.9. The minimum absolute atomic E-state index is 0.0495. The third-order valence-corrected chi connectivity index (χ3v) is 3.95. The van der Waals surface area contributed by atoms with Crippen LogP contribution in [0.5, 0.6) is 0 Å². The van der Waals surface area contributed by atoms with Gasteiger partial charge in [0, 0.05) is 19.2 Å². The van der Waals surface area contributed by atoms with E-state index in [2.05, 4.69) is 10.3 Å². The largest absolute Gasteiger partial charge is 0.416 e. The monoisotopic (exact) mass is 370 g/mol. The van der Waals surface area contributed by atoms with Gasteiger partial charge < -0.3 is 10.6 Å². The number of nitrogens with zero attached hydrogens (tertiary/aromatic N) is 2. The summed E-state index contributed by atoms with van der Waals surface area (Å²) in [5, 5.41) is 2.34. The van der Waals surface area contributed by atoms with Crippen molar-refractivity contribution in [2.75, 3.05) is 20.1 Å². The first-order chi connectivity index (χ1) is 12.1. The van der Waals surface area contributed by atoms with Gasteiger partial charge in [-0.3, -0.25) is 19.9 Å². The number of guanidine groups is 1. The predicted octanol–water partition coefficient (Wildman–Crippen LogP) is 2.11. The number of benzene rings is 1. The van der Waals surface area contributed by atoms with Crippen molar-refractivity contribution in [2.45, 2.75) is 31.9 Å². The van der Waals surface area contributed by atoms with E-state index in [4.69, 9.17) is 5.73 Å². The van der Waals surface area contributed by atoms with Crippen molar-refractivity contribution < 1.29 is 22.8 Å². The first-order valence-corrected chi connectivity index (χ1v) is 8.19. The molecular formula is C17H21F3N4O2. The number of hydrogen-bond donors (Lipinski definition) is 2. The summed E-state index contributed by atoms with van der Waals surface area (Å²) in [7, 11) is 1.41. The summed E-state index contributed by atoms with van der Waals surface area (Å²) in [6, 6.07) is 3.10. The van der Waals surface area contributed by atoms with Crippen molar-refractivity contribution in [1.29, 1.82) is 0 Å². The molecule has 9 heteroatoms. The van der Waals surface area contributed by atoms with Crippen LogP contribution in [0.25, 0.3) is 0 Å². The van der Waals surface area contributed by atoms with E-state index in [0.717, 1.165) is 29.9 Å². The Morgan fingerprint density at radius 1 is 1.35 bits per heavy atom. The second-order valence-corrected chi connectivity index (χ2v) is 6.14. The van der Waals surface area contributed by atoms with Crippen LogP contribution >= 0.6 is 0 Å². The van der Waals surface area contributed by atoms with Gasteiger partial charge in [-0.15, -0.1) is 0 Å². The molecule has 1 aromatic carbocycles. The molecular weight excluding hydrogens is 349 g/mol. The molecule has 0 unspecified atom stereocenters. The molecule has 1 saturated carbocycles. The highest BCUT2D eigenvalue weighted by molar-refractivity contribution is 6.01. The van der Waals surface area contributed by atoms with E-state index in [1.165, 1.54) is 13.1 Å². The van der Waals surface area contributed by atoms with Gasteiger partial charge in [0.2, 0.25) is 5.91 Å².